The van der Waals surface area contributed by atoms with Crippen molar-refractivity contribution in [3.63, 3.8) is 0 Å². The summed E-state index contributed by atoms with van der Waals surface area (Å²) in [6.45, 7) is 3.38. The van der Waals surface area contributed by atoms with Crippen molar-refractivity contribution in [1.82, 2.24) is 10.2 Å². The molecule has 2 aromatic heterocycles. The largest absolute Gasteiger partial charge is 0.490 e. The van der Waals surface area contributed by atoms with Crippen molar-refractivity contribution in [2.45, 2.75) is 13.8 Å². The van der Waals surface area contributed by atoms with Gasteiger partial charge in [-0.15, -0.1) is 10.2 Å². The van der Waals surface area contributed by atoms with E-state index in [1.807, 2.05) is 0 Å². The lowest BCUT2D eigenvalue weighted by Crippen LogP contribution is -2.16. The van der Waals surface area contributed by atoms with E-state index in [1.54, 1.807) is 19.9 Å². The fourth-order valence-electron chi connectivity index (χ4n) is 1.75. The van der Waals surface area contributed by atoms with E-state index >= 15 is 0 Å². The molecule has 0 saturated heterocycles. The Hall–Kier alpha value is -3.01. The van der Waals surface area contributed by atoms with E-state index in [2.05, 4.69) is 20.5 Å². The number of nitrogens with zero attached hydrogens (tertiary/aromatic N) is 3. The summed E-state index contributed by atoms with van der Waals surface area (Å²) >= 11 is 1.07. The molecule has 0 unspecified atom stereocenters. The summed E-state index contributed by atoms with van der Waals surface area (Å²) in [4.78, 5) is 28.0. The number of nitrogens with two attached hydrogens (primary N) is 1. The van der Waals surface area contributed by atoms with Gasteiger partial charge in [-0.25, -0.2) is 9.79 Å². The molecule has 9 nitrogen and oxygen atoms in total. The first-order valence-corrected chi connectivity index (χ1v) is 7.53. The van der Waals surface area contributed by atoms with E-state index in [0.29, 0.717) is 16.4 Å². The SMILES string of the molecule is COc1c(C)cc(C(=O)Nc2nnc(N=C(C)C=CN)s2)oc1=O. The van der Waals surface area contributed by atoms with Crippen LogP contribution in [0.4, 0.5) is 10.3 Å². The van der Waals surface area contributed by atoms with Crippen molar-refractivity contribution in [2.24, 2.45) is 10.7 Å². The van der Waals surface area contributed by atoms with Gasteiger partial charge in [0.25, 0.3) is 5.91 Å². The number of methoxy groups -OCH3 is 1. The Kier molecular flexibility index (Phi) is 5.42. The molecule has 0 aromatic carbocycles. The molecule has 0 bridgehead atoms. The van der Waals surface area contributed by atoms with Gasteiger partial charge in [-0.1, -0.05) is 11.3 Å². The van der Waals surface area contributed by atoms with Gasteiger partial charge in [0.05, 0.1) is 7.11 Å². The zero-order valence-electron chi connectivity index (χ0n) is 13.2. The second-order valence-electron chi connectivity index (χ2n) is 4.57. The third-order valence-electron chi connectivity index (χ3n) is 2.77. The van der Waals surface area contributed by atoms with E-state index in [-0.39, 0.29) is 16.6 Å². The van der Waals surface area contributed by atoms with Crippen molar-refractivity contribution in [2.75, 3.05) is 12.4 Å². The highest BCUT2D eigenvalue weighted by Crippen LogP contribution is 2.23. The summed E-state index contributed by atoms with van der Waals surface area (Å²) in [5.74, 6) is -0.716. The van der Waals surface area contributed by atoms with Crippen LogP contribution in [0.5, 0.6) is 5.75 Å². The van der Waals surface area contributed by atoms with Crippen LogP contribution in [0.15, 0.2) is 32.5 Å². The molecule has 0 saturated carbocycles. The van der Waals surface area contributed by atoms with Crippen LogP contribution in [0.3, 0.4) is 0 Å². The van der Waals surface area contributed by atoms with Crippen LogP contribution < -0.4 is 21.4 Å². The molecule has 126 valence electrons. The maximum absolute atomic E-state index is 12.1. The van der Waals surface area contributed by atoms with Gasteiger partial charge in [0.1, 0.15) is 0 Å². The summed E-state index contributed by atoms with van der Waals surface area (Å²) < 4.78 is 9.83. The predicted molar refractivity (Wildman–Crippen MR) is 90.2 cm³/mol. The predicted octanol–water partition coefficient (Wildman–Crippen LogP) is 1.63. The Labute approximate surface area is 140 Å². The molecule has 0 aliphatic rings. The van der Waals surface area contributed by atoms with Crippen LogP contribution in [0.25, 0.3) is 0 Å². The number of ether oxygens (including phenoxy) is 1. The fourth-order valence-corrected chi connectivity index (χ4v) is 2.42. The lowest BCUT2D eigenvalue weighted by atomic mass is 10.2. The Balaban J connectivity index is 2.18. The number of nitrogens with one attached hydrogen (secondary N) is 1. The number of allylic oxidation sites excluding steroid dienone is 1. The second-order valence-corrected chi connectivity index (χ2v) is 5.53. The van der Waals surface area contributed by atoms with Gasteiger partial charge in [0.2, 0.25) is 16.0 Å². The minimum Gasteiger partial charge on any atom is -0.490 e. The molecule has 1 amide bonds. The number of aromatic nitrogens is 2. The highest BCUT2D eigenvalue weighted by atomic mass is 32.1. The first-order chi connectivity index (χ1) is 11.4. The number of carbonyl (C=O) groups excluding carboxylic acids is 1. The summed E-state index contributed by atoms with van der Waals surface area (Å²) in [6.07, 6.45) is 2.96. The molecule has 0 radical (unpaired) electrons. The number of hydrogen-bond acceptors (Lipinski definition) is 9. The number of hydrogen-bond donors (Lipinski definition) is 2. The van der Waals surface area contributed by atoms with Gasteiger partial charge in [-0.3, -0.25) is 10.1 Å². The monoisotopic (exact) mass is 349 g/mol. The average Bonchev–Trinajstić information content (AvgIpc) is 2.94. The lowest BCUT2D eigenvalue weighted by molar-refractivity contribution is 0.0991. The van der Waals surface area contributed by atoms with Crippen LogP contribution in [0.1, 0.15) is 23.0 Å². The van der Waals surface area contributed by atoms with Crippen LogP contribution in [-0.2, 0) is 0 Å². The molecular formula is C14H15N5O4S. The third kappa shape index (κ3) is 4.04. The maximum atomic E-state index is 12.1. The van der Waals surface area contributed by atoms with Crippen molar-refractivity contribution >= 4 is 33.2 Å². The van der Waals surface area contributed by atoms with E-state index in [0.717, 1.165) is 11.3 Å². The standard InChI is InChI=1S/C14H15N5O4S/c1-7-6-9(23-12(21)10(7)22-3)11(20)17-14-19-18-13(24-14)16-8(2)4-5-15/h4-6H,15H2,1-3H3,(H,17,19,20). The van der Waals surface area contributed by atoms with Gasteiger partial charge in [-0.05, 0) is 32.2 Å². The zero-order chi connectivity index (χ0) is 17.7. The molecule has 0 atom stereocenters. The van der Waals surface area contributed by atoms with E-state index in [1.165, 1.54) is 19.4 Å². The van der Waals surface area contributed by atoms with Gasteiger partial charge < -0.3 is 14.9 Å². The number of rotatable bonds is 5. The molecule has 2 heterocycles. The first-order valence-electron chi connectivity index (χ1n) is 6.71. The van der Waals surface area contributed by atoms with Gasteiger partial charge in [0, 0.05) is 11.3 Å². The van der Waals surface area contributed by atoms with Gasteiger partial charge in [0.15, 0.2) is 5.76 Å². The molecule has 0 aliphatic carbocycles. The van der Waals surface area contributed by atoms with Gasteiger partial charge in [-0.2, -0.15) is 0 Å². The van der Waals surface area contributed by atoms with Crippen molar-refractivity contribution < 1.29 is 13.9 Å². The van der Waals surface area contributed by atoms with E-state index < -0.39 is 11.5 Å². The quantitative estimate of drug-likeness (QED) is 0.784. The summed E-state index contributed by atoms with van der Waals surface area (Å²) in [7, 11) is 1.35. The molecule has 10 heteroatoms. The van der Waals surface area contributed by atoms with E-state index in [9.17, 15) is 9.59 Å². The normalized spacial score (nSPS) is 11.7. The Bertz CT molecular complexity index is 868. The Morgan fingerprint density at radius 1 is 1.50 bits per heavy atom. The van der Waals surface area contributed by atoms with Crippen LogP contribution in [-0.4, -0.2) is 28.9 Å². The zero-order valence-corrected chi connectivity index (χ0v) is 14.0. The smallest absolute Gasteiger partial charge is 0.379 e. The Morgan fingerprint density at radius 2 is 2.25 bits per heavy atom. The summed E-state index contributed by atoms with van der Waals surface area (Å²) in [5.41, 5.74) is 5.67. The average molecular weight is 349 g/mol. The highest BCUT2D eigenvalue weighted by molar-refractivity contribution is 7.18. The first kappa shape index (κ1) is 17.3. The number of aryl methyl sites for hydroxylation is 1. The Morgan fingerprint density at radius 3 is 2.88 bits per heavy atom. The molecule has 24 heavy (non-hydrogen) atoms. The second kappa shape index (κ2) is 7.51. The number of aliphatic imine (C=N–C) groups is 1. The highest BCUT2D eigenvalue weighted by Gasteiger charge is 2.16. The number of carbonyl (C=O) groups is 1. The van der Waals surface area contributed by atoms with Crippen LogP contribution >= 0.6 is 11.3 Å². The summed E-state index contributed by atoms with van der Waals surface area (Å²) in [6, 6.07) is 1.41. The van der Waals surface area contributed by atoms with Crippen LogP contribution in [0, 0.1) is 6.92 Å². The minimum atomic E-state index is -0.727. The molecule has 0 fully saturated rings. The number of anilines is 1. The molecule has 2 aromatic rings. The molecule has 2 rings (SSSR count). The van der Waals surface area contributed by atoms with Gasteiger partial charge >= 0.3 is 5.63 Å². The molecular weight excluding hydrogens is 334 g/mol. The lowest BCUT2D eigenvalue weighted by Gasteiger charge is -2.04. The van der Waals surface area contributed by atoms with Crippen molar-refractivity contribution in [1.29, 1.82) is 0 Å². The van der Waals surface area contributed by atoms with Crippen LogP contribution in [0.2, 0.25) is 0 Å². The van der Waals surface area contributed by atoms with Crippen molar-refractivity contribution in [3.05, 3.63) is 40.1 Å². The fraction of sp³-hybridized carbons (Fsp3) is 0.214. The van der Waals surface area contributed by atoms with Crippen molar-refractivity contribution in [3.8, 4) is 5.75 Å². The molecule has 3 N–H and O–H groups in total. The summed E-state index contributed by atoms with van der Waals surface area (Å²) in [5, 5.41) is 10.7. The third-order valence-corrected chi connectivity index (χ3v) is 3.50. The molecule has 0 spiro atoms. The topological polar surface area (TPSA) is 133 Å². The molecule has 0 aliphatic heterocycles. The minimum absolute atomic E-state index is 0.0579. The maximum Gasteiger partial charge on any atom is 0.379 e. The van der Waals surface area contributed by atoms with E-state index in [4.69, 9.17) is 14.9 Å². The number of amides is 1.